The Hall–Kier alpha value is -1.24. The summed E-state index contributed by atoms with van der Waals surface area (Å²) >= 11 is 7.10. The fourth-order valence-electron chi connectivity index (χ4n) is 1.25. The highest BCUT2D eigenvalue weighted by Crippen LogP contribution is 2.17. The highest BCUT2D eigenvalue weighted by molar-refractivity contribution is 8.13. The largest absolute Gasteiger partial charge is 0.288 e. The molecule has 0 bridgehead atoms. The van der Waals surface area contributed by atoms with Gasteiger partial charge >= 0.3 is 0 Å². The zero-order valence-electron chi connectivity index (χ0n) is 9.44. The maximum absolute atomic E-state index is 10.7. The molecule has 0 aromatic heterocycles. The molecule has 0 aliphatic rings. The molecule has 0 amide bonds. The first-order chi connectivity index (χ1) is 8.13. The first kappa shape index (κ1) is 13.8. The van der Waals surface area contributed by atoms with Gasteiger partial charge < -0.3 is 0 Å². The van der Waals surface area contributed by atoms with Crippen LogP contribution in [0.25, 0.3) is 6.08 Å². The summed E-state index contributed by atoms with van der Waals surface area (Å²) in [6.07, 6.45) is 4.65. The van der Waals surface area contributed by atoms with E-state index in [0.717, 1.165) is 17.7 Å². The molecule has 0 spiro atoms. The van der Waals surface area contributed by atoms with E-state index >= 15 is 0 Å². The Morgan fingerprint density at radius 2 is 2.35 bits per heavy atom. The second kappa shape index (κ2) is 7.16. The van der Waals surface area contributed by atoms with E-state index in [4.69, 9.17) is 16.9 Å². The Labute approximate surface area is 110 Å². The summed E-state index contributed by atoms with van der Waals surface area (Å²) in [5, 5.41) is 9.62. The van der Waals surface area contributed by atoms with Gasteiger partial charge in [-0.2, -0.15) is 5.26 Å². The van der Waals surface area contributed by atoms with Gasteiger partial charge in [-0.3, -0.25) is 4.79 Å². The molecule has 2 nitrogen and oxygen atoms in total. The van der Waals surface area contributed by atoms with Gasteiger partial charge in [0.25, 0.3) is 0 Å². The minimum atomic E-state index is 0.127. The monoisotopic (exact) mass is 265 g/mol. The number of allylic oxidation sites excluding steroid dienone is 1. The summed E-state index contributed by atoms with van der Waals surface area (Å²) < 4.78 is 0. The zero-order chi connectivity index (χ0) is 12.7. The molecule has 0 atom stereocenters. The van der Waals surface area contributed by atoms with Gasteiger partial charge in [0.05, 0.1) is 11.6 Å². The van der Waals surface area contributed by atoms with Crippen molar-refractivity contribution in [3.8, 4) is 6.07 Å². The molecule has 1 aromatic rings. The SMILES string of the molecule is CC(=O)SCCC=Cc1ccc(Cl)cc1C#N. The summed E-state index contributed by atoms with van der Waals surface area (Å²) in [7, 11) is 0. The van der Waals surface area contributed by atoms with Gasteiger partial charge in [0.1, 0.15) is 0 Å². The van der Waals surface area contributed by atoms with Gasteiger partial charge in [0.15, 0.2) is 5.12 Å². The van der Waals surface area contributed by atoms with E-state index in [0.29, 0.717) is 10.6 Å². The van der Waals surface area contributed by atoms with Crippen molar-refractivity contribution in [1.82, 2.24) is 0 Å². The predicted octanol–water partition coefficient (Wildman–Crippen LogP) is 3.89. The minimum Gasteiger partial charge on any atom is -0.288 e. The summed E-state index contributed by atoms with van der Waals surface area (Å²) in [6.45, 7) is 1.56. The number of nitriles is 1. The number of hydrogen-bond acceptors (Lipinski definition) is 3. The Bertz CT molecular complexity index is 477. The molecule has 0 saturated carbocycles. The topological polar surface area (TPSA) is 40.9 Å². The smallest absolute Gasteiger partial charge is 0.185 e. The average Bonchev–Trinajstić information content (AvgIpc) is 2.29. The molecule has 1 aromatic carbocycles. The molecule has 0 aliphatic carbocycles. The van der Waals surface area contributed by atoms with E-state index in [9.17, 15) is 4.79 Å². The third-order valence-corrected chi connectivity index (χ3v) is 3.10. The fourth-order valence-corrected chi connectivity index (χ4v) is 1.97. The number of rotatable bonds is 4. The predicted molar refractivity (Wildman–Crippen MR) is 73.0 cm³/mol. The maximum Gasteiger partial charge on any atom is 0.185 e. The lowest BCUT2D eigenvalue weighted by Crippen LogP contribution is -1.84. The zero-order valence-corrected chi connectivity index (χ0v) is 11.0. The Morgan fingerprint density at radius 3 is 3.00 bits per heavy atom. The quantitative estimate of drug-likeness (QED) is 0.776. The molecule has 0 aliphatic heterocycles. The normalized spacial score (nSPS) is 10.4. The number of halogens is 1. The lowest BCUT2D eigenvalue weighted by atomic mass is 10.1. The highest BCUT2D eigenvalue weighted by Gasteiger charge is 1.99. The lowest BCUT2D eigenvalue weighted by Gasteiger charge is -1.98. The van der Waals surface area contributed by atoms with Crippen molar-refractivity contribution in [2.75, 3.05) is 5.75 Å². The van der Waals surface area contributed by atoms with Crippen LogP contribution in [0.5, 0.6) is 0 Å². The van der Waals surface area contributed by atoms with Crippen LogP contribution in [0.2, 0.25) is 5.02 Å². The van der Waals surface area contributed by atoms with Crippen molar-refractivity contribution in [1.29, 1.82) is 5.26 Å². The third-order valence-electron chi connectivity index (χ3n) is 2.02. The summed E-state index contributed by atoms with van der Waals surface area (Å²) in [5.74, 6) is 0.765. The van der Waals surface area contributed by atoms with E-state index in [1.807, 2.05) is 18.2 Å². The number of nitrogens with zero attached hydrogens (tertiary/aromatic N) is 1. The van der Waals surface area contributed by atoms with Gasteiger partial charge in [-0.1, -0.05) is 41.6 Å². The maximum atomic E-state index is 10.7. The minimum absolute atomic E-state index is 0.127. The van der Waals surface area contributed by atoms with Crippen molar-refractivity contribution < 1.29 is 4.79 Å². The number of benzene rings is 1. The van der Waals surface area contributed by atoms with Crippen molar-refractivity contribution in [3.05, 3.63) is 40.4 Å². The molecular formula is C13H12ClNOS. The molecule has 0 radical (unpaired) electrons. The van der Waals surface area contributed by atoms with Crippen molar-refractivity contribution in [3.63, 3.8) is 0 Å². The summed E-state index contributed by atoms with van der Waals surface area (Å²) in [4.78, 5) is 10.7. The lowest BCUT2D eigenvalue weighted by molar-refractivity contribution is -0.109. The van der Waals surface area contributed by atoms with Crippen LogP contribution < -0.4 is 0 Å². The first-order valence-corrected chi connectivity index (χ1v) is 6.49. The van der Waals surface area contributed by atoms with Crippen molar-refractivity contribution in [2.45, 2.75) is 13.3 Å². The van der Waals surface area contributed by atoms with E-state index in [2.05, 4.69) is 6.07 Å². The van der Waals surface area contributed by atoms with Gasteiger partial charge in [-0.05, 0) is 24.1 Å². The molecule has 4 heteroatoms. The van der Waals surface area contributed by atoms with Gasteiger partial charge in [-0.15, -0.1) is 0 Å². The van der Waals surface area contributed by atoms with Crippen LogP contribution in [0.1, 0.15) is 24.5 Å². The van der Waals surface area contributed by atoms with Crippen molar-refractivity contribution in [2.24, 2.45) is 0 Å². The molecule has 88 valence electrons. The number of hydrogen-bond donors (Lipinski definition) is 0. The van der Waals surface area contributed by atoms with Crippen LogP contribution in [0, 0.1) is 11.3 Å². The van der Waals surface area contributed by atoms with Crippen LogP contribution in [0.4, 0.5) is 0 Å². The molecule has 0 unspecified atom stereocenters. The van der Waals surface area contributed by atoms with E-state index in [1.165, 1.54) is 11.8 Å². The van der Waals surface area contributed by atoms with Crippen LogP contribution in [-0.2, 0) is 4.79 Å². The molecule has 0 heterocycles. The number of thioether (sulfide) groups is 1. The van der Waals surface area contributed by atoms with Gasteiger partial charge in [-0.25, -0.2) is 0 Å². The highest BCUT2D eigenvalue weighted by atomic mass is 35.5. The van der Waals surface area contributed by atoms with E-state index in [1.54, 1.807) is 19.1 Å². The molecule has 0 N–H and O–H groups in total. The average molecular weight is 266 g/mol. The van der Waals surface area contributed by atoms with Crippen molar-refractivity contribution >= 4 is 34.6 Å². The van der Waals surface area contributed by atoms with Crippen LogP contribution in [0.15, 0.2) is 24.3 Å². The second-order valence-corrected chi connectivity index (χ2v) is 5.08. The first-order valence-electron chi connectivity index (χ1n) is 5.13. The fraction of sp³-hybridized carbons (Fsp3) is 0.231. The third kappa shape index (κ3) is 5.08. The molecule has 17 heavy (non-hydrogen) atoms. The Kier molecular flexibility index (Phi) is 5.82. The van der Waals surface area contributed by atoms with Crippen LogP contribution >= 0.6 is 23.4 Å². The molecular weight excluding hydrogens is 254 g/mol. The van der Waals surface area contributed by atoms with Gasteiger partial charge in [0, 0.05) is 17.7 Å². The van der Waals surface area contributed by atoms with E-state index < -0.39 is 0 Å². The van der Waals surface area contributed by atoms with Crippen LogP contribution in [-0.4, -0.2) is 10.9 Å². The summed E-state index contributed by atoms with van der Waals surface area (Å²) in [5.41, 5.74) is 1.41. The molecule has 0 fully saturated rings. The Morgan fingerprint density at radius 1 is 1.59 bits per heavy atom. The summed E-state index contributed by atoms with van der Waals surface area (Å²) in [6, 6.07) is 7.32. The molecule has 1 rings (SSSR count). The number of carbonyl (C=O) groups is 1. The second-order valence-electron chi connectivity index (χ2n) is 3.37. The van der Waals surface area contributed by atoms with Crippen LogP contribution in [0.3, 0.4) is 0 Å². The van der Waals surface area contributed by atoms with Gasteiger partial charge in [0.2, 0.25) is 0 Å². The standard InChI is InChI=1S/C13H12ClNOS/c1-10(16)17-7-3-2-4-11-5-6-13(14)8-12(11)9-15/h2,4-6,8H,3,7H2,1H3. The Balaban J connectivity index is 2.59. The van der Waals surface area contributed by atoms with E-state index in [-0.39, 0.29) is 5.12 Å². The molecule has 0 saturated heterocycles. The number of carbonyl (C=O) groups excluding carboxylic acids is 1.